The van der Waals surface area contributed by atoms with Crippen molar-refractivity contribution in [2.45, 2.75) is 12.8 Å². The predicted molar refractivity (Wildman–Crippen MR) is 90.7 cm³/mol. The number of azo groups is 1. The number of non-ortho nitro benzene ring substituents is 1. The highest BCUT2D eigenvalue weighted by atomic mass is 16.6. The van der Waals surface area contributed by atoms with E-state index in [1.165, 1.54) is 13.2 Å². The van der Waals surface area contributed by atoms with Gasteiger partial charge in [0, 0.05) is 12.5 Å². The second-order valence-corrected chi connectivity index (χ2v) is 5.13. The van der Waals surface area contributed by atoms with Gasteiger partial charge in [0.05, 0.1) is 28.7 Å². The van der Waals surface area contributed by atoms with Crippen LogP contribution in [0.1, 0.15) is 12.0 Å². The first-order valence-electron chi connectivity index (χ1n) is 7.41. The van der Waals surface area contributed by atoms with Crippen molar-refractivity contribution in [1.29, 1.82) is 0 Å². The minimum absolute atomic E-state index is 0.0876. The molecule has 0 bridgehead atoms. The molecule has 0 aliphatic heterocycles. The molecule has 0 spiro atoms. The van der Waals surface area contributed by atoms with Gasteiger partial charge in [0.1, 0.15) is 0 Å². The number of nitro groups is 2. The second-order valence-electron chi connectivity index (χ2n) is 5.13. The van der Waals surface area contributed by atoms with E-state index in [1.54, 1.807) is 24.3 Å². The molecule has 0 aliphatic carbocycles. The Labute approximate surface area is 147 Å². The van der Waals surface area contributed by atoms with Crippen molar-refractivity contribution >= 4 is 28.7 Å². The third kappa shape index (κ3) is 4.90. The molecule has 26 heavy (non-hydrogen) atoms. The van der Waals surface area contributed by atoms with E-state index in [9.17, 15) is 25.0 Å². The number of hydrogen-bond donors (Lipinski definition) is 0. The summed E-state index contributed by atoms with van der Waals surface area (Å²) in [5, 5.41) is 29.5. The molecule has 10 nitrogen and oxygen atoms in total. The van der Waals surface area contributed by atoms with Crippen LogP contribution in [0.5, 0.6) is 0 Å². The van der Waals surface area contributed by atoms with E-state index in [-0.39, 0.29) is 18.1 Å². The monoisotopic (exact) mass is 358 g/mol. The summed E-state index contributed by atoms with van der Waals surface area (Å²) in [5.41, 5.74) is 0.355. The normalized spacial score (nSPS) is 10.7. The highest BCUT2D eigenvalue weighted by molar-refractivity contribution is 5.69. The lowest BCUT2D eigenvalue weighted by atomic mass is 10.1. The predicted octanol–water partition coefficient (Wildman–Crippen LogP) is 4.02. The van der Waals surface area contributed by atoms with E-state index in [4.69, 9.17) is 0 Å². The zero-order chi connectivity index (χ0) is 19.1. The molecule has 2 rings (SSSR count). The quantitative estimate of drug-likeness (QED) is 0.317. The van der Waals surface area contributed by atoms with E-state index in [2.05, 4.69) is 15.0 Å². The molecule has 0 unspecified atom stereocenters. The maximum atomic E-state index is 11.1. The van der Waals surface area contributed by atoms with Gasteiger partial charge in [-0.1, -0.05) is 12.1 Å². The van der Waals surface area contributed by atoms with Gasteiger partial charge in [0.15, 0.2) is 5.69 Å². The van der Waals surface area contributed by atoms with Crippen LogP contribution in [0.3, 0.4) is 0 Å². The fraction of sp³-hybridized carbons (Fsp3) is 0.188. The second kappa shape index (κ2) is 8.42. The van der Waals surface area contributed by atoms with Crippen LogP contribution >= 0.6 is 0 Å². The first-order chi connectivity index (χ1) is 12.4. The highest BCUT2D eigenvalue weighted by Gasteiger charge is 2.19. The lowest BCUT2D eigenvalue weighted by Gasteiger charge is -2.01. The van der Waals surface area contributed by atoms with Crippen LogP contribution in [0.25, 0.3) is 0 Å². The number of nitrogens with zero attached hydrogens (tertiary/aromatic N) is 4. The van der Waals surface area contributed by atoms with Crippen molar-refractivity contribution in [1.82, 2.24) is 0 Å². The topological polar surface area (TPSA) is 137 Å². The number of hydrogen-bond acceptors (Lipinski definition) is 8. The largest absolute Gasteiger partial charge is 0.469 e. The van der Waals surface area contributed by atoms with Crippen molar-refractivity contribution in [3.8, 4) is 0 Å². The van der Waals surface area contributed by atoms with Crippen LogP contribution in [0, 0.1) is 20.2 Å². The van der Waals surface area contributed by atoms with Gasteiger partial charge >= 0.3 is 11.7 Å². The van der Waals surface area contributed by atoms with Crippen LogP contribution in [-0.2, 0) is 16.0 Å². The molecule has 0 saturated heterocycles. The van der Waals surface area contributed by atoms with Gasteiger partial charge in [0.25, 0.3) is 5.69 Å². The van der Waals surface area contributed by atoms with Crippen LogP contribution < -0.4 is 0 Å². The van der Waals surface area contributed by atoms with Gasteiger partial charge in [-0.3, -0.25) is 25.0 Å². The first kappa shape index (κ1) is 18.6. The Kier molecular flexibility index (Phi) is 6.04. The molecular formula is C16H14N4O6. The summed E-state index contributed by atoms with van der Waals surface area (Å²) in [6, 6.07) is 9.93. The van der Waals surface area contributed by atoms with Gasteiger partial charge in [-0.2, -0.15) is 5.11 Å². The number of aryl methyl sites for hydroxylation is 1. The number of benzene rings is 2. The molecule has 0 atom stereocenters. The van der Waals surface area contributed by atoms with Gasteiger partial charge in [-0.15, -0.1) is 5.11 Å². The minimum atomic E-state index is -0.753. The number of esters is 1. The molecule has 0 aliphatic rings. The Morgan fingerprint density at radius 3 is 2.31 bits per heavy atom. The number of carbonyl (C=O) groups excluding carboxylic acids is 1. The number of carbonyl (C=O) groups is 1. The third-order valence-electron chi connectivity index (χ3n) is 3.42. The summed E-state index contributed by atoms with van der Waals surface area (Å²) < 4.78 is 4.57. The Balaban J connectivity index is 2.15. The Hall–Kier alpha value is -3.69. The van der Waals surface area contributed by atoms with Crippen molar-refractivity contribution in [3.63, 3.8) is 0 Å². The van der Waals surface area contributed by atoms with Crippen molar-refractivity contribution < 1.29 is 19.4 Å². The van der Waals surface area contributed by atoms with Gasteiger partial charge in [-0.25, -0.2) is 0 Å². The maximum absolute atomic E-state index is 11.1. The Morgan fingerprint density at radius 1 is 1.04 bits per heavy atom. The fourth-order valence-corrected chi connectivity index (χ4v) is 2.05. The summed E-state index contributed by atoms with van der Waals surface area (Å²) in [6.07, 6.45) is 0.768. The van der Waals surface area contributed by atoms with E-state index in [1.807, 2.05) is 0 Å². The molecule has 10 heteroatoms. The standard InChI is InChI=1S/C16H14N4O6/c1-26-16(21)9-4-11-2-5-12(6-3-11)17-18-14-8-7-13(19(22)23)10-15(14)20(24)25/h2-3,5-8,10H,4,9H2,1H3. The number of ether oxygens (including phenoxy) is 1. The average Bonchev–Trinajstić information content (AvgIpc) is 2.64. The summed E-state index contributed by atoms with van der Waals surface area (Å²) in [6.45, 7) is 0. The average molecular weight is 358 g/mol. The molecule has 134 valence electrons. The molecule has 0 amide bonds. The summed E-state index contributed by atoms with van der Waals surface area (Å²) in [4.78, 5) is 31.4. The number of rotatable bonds is 7. The molecular weight excluding hydrogens is 344 g/mol. The molecule has 0 fully saturated rings. The van der Waals surface area contributed by atoms with Crippen LogP contribution in [0.15, 0.2) is 52.7 Å². The number of nitro benzene ring substituents is 2. The van der Waals surface area contributed by atoms with Gasteiger partial charge in [-0.05, 0) is 30.2 Å². The molecule has 0 N–H and O–H groups in total. The zero-order valence-corrected chi connectivity index (χ0v) is 13.7. The van der Waals surface area contributed by atoms with Crippen molar-refractivity contribution in [2.75, 3.05) is 7.11 Å². The van der Waals surface area contributed by atoms with Gasteiger partial charge in [0.2, 0.25) is 0 Å². The highest BCUT2D eigenvalue weighted by Crippen LogP contribution is 2.32. The zero-order valence-electron chi connectivity index (χ0n) is 13.7. The molecule has 0 heterocycles. The lowest BCUT2D eigenvalue weighted by molar-refractivity contribution is -0.393. The molecule has 0 aromatic heterocycles. The first-order valence-corrected chi connectivity index (χ1v) is 7.41. The number of methoxy groups -OCH3 is 1. The van der Waals surface area contributed by atoms with E-state index in [0.717, 1.165) is 17.7 Å². The third-order valence-corrected chi connectivity index (χ3v) is 3.42. The molecule has 0 radical (unpaired) electrons. The van der Waals surface area contributed by atoms with Gasteiger partial charge < -0.3 is 4.74 Å². The maximum Gasteiger partial charge on any atom is 0.305 e. The molecule has 2 aromatic rings. The minimum Gasteiger partial charge on any atom is -0.469 e. The lowest BCUT2D eigenvalue weighted by Crippen LogP contribution is -2.01. The van der Waals surface area contributed by atoms with E-state index in [0.29, 0.717) is 12.1 Å². The van der Waals surface area contributed by atoms with E-state index < -0.39 is 21.2 Å². The Morgan fingerprint density at radius 2 is 1.73 bits per heavy atom. The fourth-order valence-electron chi connectivity index (χ4n) is 2.05. The van der Waals surface area contributed by atoms with Crippen LogP contribution in [0.2, 0.25) is 0 Å². The summed E-state index contributed by atoms with van der Waals surface area (Å²) >= 11 is 0. The smallest absolute Gasteiger partial charge is 0.305 e. The Bertz CT molecular complexity index is 864. The van der Waals surface area contributed by atoms with Crippen LogP contribution in [-0.4, -0.2) is 22.9 Å². The van der Waals surface area contributed by atoms with E-state index >= 15 is 0 Å². The molecule has 0 saturated carbocycles. The summed E-state index contributed by atoms with van der Waals surface area (Å²) in [7, 11) is 1.32. The van der Waals surface area contributed by atoms with Crippen LogP contribution in [0.4, 0.5) is 22.7 Å². The summed E-state index contributed by atoms with van der Waals surface area (Å²) in [5.74, 6) is -0.306. The van der Waals surface area contributed by atoms with Crippen molar-refractivity contribution in [3.05, 3.63) is 68.3 Å². The van der Waals surface area contributed by atoms with Crippen molar-refractivity contribution in [2.24, 2.45) is 10.2 Å². The SMILES string of the molecule is COC(=O)CCc1ccc(N=Nc2ccc([N+](=O)[O-])cc2[N+](=O)[O-])cc1. The molecule has 2 aromatic carbocycles.